The van der Waals surface area contributed by atoms with Crippen molar-refractivity contribution in [3.8, 4) is 11.5 Å². The van der Waals surface area contributed by atoms with Crippen molar-refractivity contribution in [3.05, 3.63) is 69.8 Å². The lowest BCUT2D eigenvalue weighted by Crippen LogP contribution is -2.23. The molecule has 0 bridgehead atoms. The Hall–Kier alpha value is -2.38. The SMILES string of the molecule is CCCc1nc(C(NCc2cc(Br)c3c(c2)OCO3)c2ccccc2)no1. The van der Waals surface area contributed by atoms with Crippen LogP contribution in [0.2, 0.25) is 0 Å². The molecule has 0 aliphatic carbocycles. The standard InChI is InChI=1S/C20H20BrN3O3/c1-2-6-17-23-20(24-27-17)18(14-7-4-3-5-8-14)22-11-13-9-15(21)19-16(10-13)25-12-26-19/h3-5,7-10,18,22H,2,6,11-12H2,1H3. The maximum absolute atomic E-state index is 5.51. The van der Waals surface area contributed by atoms with Crippen LogP contribution in [0.4, 0.5) is 0 Å². The summed E-state index contributed by atoms with van der Waals surface area (Å²) in [7, 11) is 0. The Labute approximate surface area is 166 Å². The molecule has 2 aromatic carbocycles. The molecule has 0 amide bonds. The van der Waals surface area contributed by atoms with Gasteiger partial charge in [-0.1, -0.05) is 42.4 Å². The molecule has 1 aliphatic heterocycles. The van der Waals surface area contributed by atoms with Crippen LogP contribution >= 0.6 is 15.9 Å². The van der Waals surface area contributed by atoms with Gasteiger partial charge in [-0.15, -0.1) is 0 Å². The number of aromatic nitrogens is 2. The summed E-state index contributed by atoms with van der Waals surface area (Å²) in [5.74, 6) is 2.81. The zero-order valence-corrected chi connectivity index (χ0v) is 16.5. The number of halogens is 1. The zero-order chi connectivity index (χ0) is 18.6. The van der Waals surface area contributed by atoms with Crippen LogP contribution in [0.3, 0.4) is 0 Å². The minimum absolute atomic E-state index is 0.162. The number of nitrogens with zero attached hydrogens (tertiary/aromatic N) is 2. The predicted molar refractivity (Wildman–Crippen MR) is 104 cm³/mol. The molecule has 1 unspecified atom stereocenters. The molecule has 140 valence electrons. The van der Waals surface area contributed by atoms with Crippen molar-refractivity contribution in [2.75, 3.05) is 6.79 Å². The van der Waals surface area contributed by atoms with Gasteiger partial charge in [-0.05, 0) is 45.6 Å². The summed E-state index contributed by atoms with van der Waals surface area (Å²) in [6.07, 6.45) is 1.75. The fraction of sp³-hybridized carbons (Fsp3) is 0.300. The number of benzene rings is 2. The van der Waals surface area contributed by atoms with Crippen molar-refractivity contribution >= 4 is 15.9 Å². The third-order valence-corrected chi connectivity index (χ3v) is 4.93. The molecule has 7 heteroatoms. The van der Waals surface area contributed by atoms with E-state index in [1.165, 1.54) is 0 Å². The van der Waals surface area contributed by atoms with Gasteiger partial charge in [-0.2, -0.15) is 4.98 Å². The summed E-state index contributed by atoms with van der Waals surface area (Å²) in [5.41, 5.74) is 2.16. The fourth-order valence-corrected chi connectivity index (χ4v) is 3.65. The number of rotatable bonds is 7. The van der Waals surface area contributed by atoms with Gasteiger partial charge in [0.2, 0.25) is 12.7 Å². The van der Waals surface area contributed by atoms with Gasteiger partial charge in [0, 0.05) is 13.0 Å². The van der Waals surface area contributed by atoms with Crippen LogP contribution in [-0.2, 0) is 13.0 Å². The number of hydrogen-bond acceptors (Lipinski definition) is 6. The highest BCUT2D eigenvalue weighted by molar-refractivity contribution is 9.10. The minimum atomic E-state index is -0.162. The summed E-state index contributed by atoms with van der Waals surface area (Å²) in [6.45, 7) is 2.96. The van der Waals surface area contributed by atoms with Crippen LogP contribution < -0.4 is 14.8 Å². The van der Waals surface area contributed by atoms with Gasteiger partial charge in [0.15, 0.2) is 17.3 Å². The number of aryl methyl sites for hydroxylation is 1. The lowest BCUT2D eigenvalue weighted by atomic mass is 10.1. The Kier molecular flexibility index (Phi) is 5.40. The lowest BCUT2D eigenvalue weighted by Gasteiger charge is -2.16. The topological polar surface area (TPSA) is 69.4 Å². The smallest absolute Gasteiger partial charge is 0.231 e. The third-order valence-electron chi connectivity index (χ3n) is 4.34. The molecule has 1 aliphatic rings. The van der Waals surface area contributed by atoms with E-state index in [0.717, 1.165) is 39.9 Å². The van der Waals surface area contributed by atoms with Crippen LogP contribution in [0.25, 0.3) is 0 Å². The molecule has 0 saturated carbocycles. The largest absolute Gasteiger partial charge is 0.454 e. The molecule has 1 atom stereocenters. The van der Waals surface area contributed by atoms with Crippen molar-refractivity contribution in [3.63, 3.8) is 0 Å². The van der Waals surface area contributed by atoms with Gasteiger partial charge in [-0.25, -0.2) is 0 Å². The molecule has 0 radical (unpaired) electrons. The monoisotopic (exact) mass is 429 g/mol. The minimum Gasteiger partial charge on any atom is -0.454 e. The first kappa shape index (κ1) is 18.0. The summed E-state index contributed by atoms with van der Waals surface area (Å²) in [5, 5.41) is 7.74. The van der Waals surface area contributed by atoms with Gasteiger partial charge in [-0.3, -0.25) is 5.32 Å². The second-order valence-corrected chi connectivity index (χ2v) is 7.19. The van der Waals surface area contributed by atoms with Crippen molar-refractivity contribution in [2.24, 2.45) is 0 Å². The molecule has 6 nitrogen and oxygen atoms in total. The van der Waals surface area contributed by atoms with Crippen LogP contribution in [0.1, 0.15) is 42.2 Å². The van der Waals surface area contributed by atoms with Gasteiger partial charge in [0.1, 0.15) is 0 Å². The van der Waals surface area contributed by atoms with Crippen molar-refractivity contribution in [2.45, 2.75) is 32.4 Å². The zero-order valence-electron chi connectivity index (χ0n) is 14.9. The Bertz CT molecular complexity index is 914. The maximum atomic E-state index is 5.51. The van der Waals surface area contributed by atoms with Crippen molar-refractivity contribution in [1.82, 2.24) is 15.5 Å². The third kappa shape index (κ3) is 3.99. The first-order valence-electron chi connectivity index (χ1n) is 8.93. The van der Waals surface area contributed by atoms with Crippen LogP contribution in [0.5, 0.6) is 11.5 Å². The summed E-state index contributed by atoms with van der Waals surface area (Å²) in [6, 6.07) is 14.0. The van der Waals surface area contributed by atoms with E-state index >= 15 is 0 Å². The van der Waals surface area contributed by atoms with Crippen molar-refractivity contribution in [1.29, 1.82) is 0 Å². The molecule has 3 aromatic rings. The van der Waals surface area contributed by atoms with E-state index in [2.05, 4.69) is 50.4 Å². The molecule has 4 rings (SSSR count). The van der Waals surface area contributed by atoms with E-state index in [0.29, 0.717) is 18.3 Å². The quantitative estimate of drug-likeness (QED) is 0.600. The van der Waals surface area contributed by atoms with Gasteiger partial charge < -0.3 is 14.0 Å². The number of fused-ring (bicyclic) bond motifs is 1. The average Bonchev–Trinajstić information content (AvgIpc) is 3.33. The van der Waals surface area contributed by atoms with Crippen LogP contribution in [0, 0.1) is 0 Å². The lowest BCUT2D eigenvalue weighted by molar-refractivity contribution is 0.173. The molecule has 2 heterocycles. The first-order valence-corrected chi connectivity index (χ1v) is 9.72. The second kappa shape index (κ2) is 8.10. The highest BCUT2D eigenvalue weighted by Crippen LogP contribution is 2.40. The van der Waals surface area contributed by atoms with E-state index in [9.17, 15) is 0 Å². The molecular weight excluding hydrogens is 410 g/mol. The highest BCUT2D eigenvalue weighted by Gasteiger charge is 2.22. The van der Waals surface area contributed by atoms with Gasteiger partial charge >= 0.3 is 0 Å². The highest BCUT2D eigenvalue weighted by atomic mass is 79.9. The molecular formula is C20H20BrN3O3. The molecule has 0 spiro atoms. The molecule has 1 aromatic heterocycles. The maximum Gasteiger partial charge on any atom is 0.231 e. The van der Waals surface area contributed by atoms with Crippen LogP contribution in [0.15, 0.2) is 51.5 Å². The Morgan fingerprint density at radius 3 is 2.85 bits per heavy atom. The number of hydrogen-bond donors (Lipinski definition) is 1. The van der Waals surface area contributed by atoms with E-state index in [-0.39, 0.29) is 12.8 Å². The number of ether oxygens (including phenoxy) is 2. The summed E-state index contributed by atoms with van der Waals surface area (Å²) in [4.78, 5) is 4.57. The molecule has 0 saturated heterocycles. The van der Waals surface area contributed by atoms with Gasteiger partial charge in [0.25, 0.3) is 0 Å². The normalized spacial score (nSPS) is 13.7. The Morgan fingerprint density at radius 1 is 1.19 bits per heavy atom. The Morgan fingerprint density at radius 2 is 2.04 bits per heavy atom. The first-order chi connectivity index (χ1) is 13.2. The van der Waals surface area contributed by atoms with Crippen LogP contribution in [-0.4, -0.2) is 16.9 Å². The molecule has 0 fully saturated rings. The molecule has 1 N–H and O–H groups in total. The second-order valence-electron chi connectivity index (χ2n) is 6.33. The number of nitrogens with one attached hydrogen (secondary N) is 1. The van der Waals surface area contributed by atoms with E-state index in [4.69, 9.17) is 14.0 Å². The van der Waals surface area contributed by atoms with E-state index in [1.807, 2.05) is 30.3 Å². The summed E-state index contributed by atoms with van der Waals surface area (Å²) < 4.78 is 17.2. The fourth-order valence-electron chi connectivity index (χ4n) is 3.05. The van der Waals surface area contributed by atoms with E-state index in [1.54, 1.807) is 0 Å². The summed E-state index contributed by atoms with van der Waals surface area (Å²) >= 11 is 3.54. The molecule has 27 heavy (non-hydrogen) atoms. The Balaban J connectivity index is 1.57. The average molecular weight is 430 g/mol. The van der Waals surface area contributed by atoms with Crippen molar-refractivity contribution < 1.29 is 14.0 Å². The van der Waals surface area contributed by atoms with Gasteiger partial charge in [0.05, 0.1) is 10.5 Å². The van der Waals surface area contributed by atoms with E-state index < -0.39 is 0 Å². The predicted octanol–water partition coefficient (Wildman–Crippen LogP) is 4.39.